The number of benzene rings is 2. The molecule has 0 saturated heterocycles. The van der Waals surface area contributed by atoms with Gasteiger partial charge in [-0.05, 0) is 29.8 Å². The standard InChI is InChI=1S/C13H6Cl2F4/c14-7-5-11(19)10(18)4-6(7)13(15)12-8(16)2-1-3-9(12)17/h1-5,13H. The highest BCUT2D eigenvalue weighted by molar-refractivity contribution is 6.33. The van der Waals surface area contributed by atoms with Gasteiger partial charge in [0, 0.05) is 10.6 Å². The average molecular weight is 309 g/mol. The third kappa shape index (κ3) is 2.69. The topological polar surface area (TPSA) is 0 Å². The van der Waals surface area contributed by atoms with E-state index >= 15 is 0 Å². The maximum Gasteiger partial charge on any atom is 0.160 e. The summed E-state index contributed by atoms with van der Waals surface area (Å²) in [6.45, 7) is 0. The van der Waals surface area contributed by atoms with Gasteiger partial charge in [0.05, 0.1) is 5.38 Å². The molecule has 0 aliphatic heterocycles. The summed E-state index contributed by atoms with van der Waals surface area (Å²) < 4.78 is 53.2. The van der Waals surface area contributed by atoms with E-state index in [2.05, 4.69) is 0 Å². The van der Waals surface area contributed by atoms with Crippen LogP contribution < -0.4 is 0 Å². The van der Waals surface area contributed by atoms with Crippen molar-refractivity contribution in [3.8, 4) is 0 Å². The van der Waals surface area contributed by atoms with Gasteiger partial charge in [0.1, 0.15) is 11.6 Å². The molecule has 0 spiro atoms. The molecule has 0 saturated carbocycles. The fourth-order valence-electron chi connectivity index (χ4n) is 1.64. The van der Waals surface area contributed by atoms with Gasteiger partial charge in [0.2, 0.25) is 0 Å². The van der Waals surface area contributed by atoms with Crippen LogP contribution >= 0.6 is 23.2 Å². The number of hydrogen-bond donors (Lipinski definition) is 0. The van der Waals surface area contributed by atoms with Gasteiger partial charge in [0.15, 0.2) is 11.6 Å². The molecule has 0 aliphatic carbocycles. The third-order valence-electron chi connectivity index (χ3n) is 2.57. The Morgan fingerprint density at radius 3 is 1.95 bits per heavy atom. The van der Waals surface area contributed by atoms with Crippen LogP contribution in [0.4, 0.5) is 17.6 Å². The summed E-state index contributed by atoms with van der Waals surface area (Å²) in [5.74, 6) is -4.13. The van der Waals surface area contributed by atoms with Gasteiger partial charge >= 0.3 is 0 Å². The molecule has 2 rings (SSSR count). The normalized spacial score (nSPS) is 12.5. The summed E-state index contributed by atoms with van der Waals surface area (Å²) in [4.78, 5) is 0. The zero-order valence-corrected chi connectivity index (χ0v) is 10.7. The first-order valence-electron chi connectivity index (χ1n) is 5.14. The minimum absolute atomic E-state index is 0.105. The second-order valence-corrected chi connectivity index (χ2v) is 4.63. The van der Waals surface area contributed by atoms with Crippen molar-refractivity contribution < 1.29 is 17.6 Å². The third-order valence-corrected chi connectivity index (χ3v) is 3.35. The molecule has 0 radical (unpaired) electrons. The van der Waals surface area contributed by atoms with Crippen LogP contribution in [0.3, 0.4) is 0 Å². The number of rotatable bonds is 2. The highest BCUT2D eigenvalue weighted by Gasteiger charge is 2.23. The summed E-state index contributed by atoms with van der Waals surface area (Å²) in [5.41, 5.74) is -0.566. The van der Waals surface area contributed by atoms with Crippen LogP contribution in [0, 0.1) is 23.3 Å². The molecule has 0 N–H and O–H groups in total. The molecule has 0 aliphatic rings. The van der Waals surface area contributed by atoms with Gasteiger partial charge in [0.25, 0.3) is 0 Å². The number of alkyl halides is 1. The van der Waals surface area contributed by atoms with Crippen LogP contribution in [0.15, 0.2) is 30.3 Å². The van der Waals surface area contributed by atoms with Crippen molar-refractivity contribution in [2.24, 2.45) is 0 Å². The van der Waals surface area contributed by atoms with E-state index in [0.717, 1.165) is 18.2 Å². The Morgan fingerprint density at radius 1 is 0.842 bits per heavy atom. The van der Waals surface area contributed by atoms with Crippen molar-refractivity contribution in [2.45, 2.75) is 5.38 Å². The molecule has 6 heteroatoms. The van der Waals surface area contributed by atoms with Crippen LogP contribution in [-0.2, 0) is 0 Å². The predicted octanol–water partition coefficient (Wildman–Crippen LogP) is 5.22. The zero-order valence-electron chi connectivity index (χ0n) is 9.23. The van der Waals surface area contributed by atoms with Crippen molar-refractivity contribution in [1.29, 1.82) is 0 Å². The minimum atomic E-state index is -1.36. The molecule has 1 unspecified atom stereocenters. The van der Waals surface area contributed by atoms with E-state index in [1.54, 1.807) is 0 Å². The zero-order chi connectivity index (χ0) is 14.2. The van der Waals surface area contributed by atoms with Crippen LogP contribution in [-0.4, -0.2) is 0 Å². The Hall–Kier alpha value is -1.26. The average Bonchev–Trinajstić information content (AvgIpc) is 2.33. The molecule has 0 heterocycles. The van der Waals surface area contributed by atoms with Crippen molar-refractivity contribution in [3.63, 3.8) is 0 Å². The Labute approximate surface area is 116 Å². The van der Waals surface area contributed by atoms with Crippen molar-refractivity contribution in [3.05, 3.63) is 69.8 Å². The molecule has 0 nitrogen and oxygen atoms in total. The van der Waals surface area contributed by atoms with Gasteiger partial charge in [-0.15, -0.1) is 11.6 Å². The second kappa shape index (κ2) is 5.39. The molecule has 100 valence electrons. The van der Waals surface area contributed by atoms with Crippen molar-refractivity contribution in [2.75, 3.05) is 0 Å². The second-order valence-electron chi connectivity index (χ2n) is 3.79. The Balaban J connectivity index is 2.56. The molecule has 0 aromatic heterocycles. The maximum absolute atomic E-state index is 13.6. The van der Waals surface area contributed by atoms with Crippen LogP contribution in [0.25, 0.3) is 0 Å². The summed E-state index contributed by atoms with van der Waals surface area (Å²) in [6.07, 6.45) is 0. The first-order valence-corrected chi connectivity index (χ1v) is 5.95. The van der Waals surface area contributed by atoms with E-state index in [1.165, 1.54) is 6.07 Å². The summed E-state index contributed by atoms with van der Waals surface area (Å²) >= 11 is 11.6. The lowest BCUT2D eigenvalue weighted by molar-refractivity contribution is 0.506. The van der Waals surface area contributed by atoms with E-state index in [1.807, 2.05) is 0 Å². The SMILES string of the molecule is Fc1cc(Cl)c(C(Cl)c2c(F)cccc2F)cc1F. The monoisotopic (exact) mass is 308 g/mol. The van der Waals surface area contributed by atoms with E-state index in [9.17, 15) is 17.6 Å². The van der Waals surface area contributed by atoms with E-state index < -0.39 is 34.2 Å². The smallest absolute Gasteiger partial charge is 0.160 e. The largest absolute Gasteiger partial charge is 0.207 e. The van der Waals surface area contributed by atoms with Gasteiger partial charge < -0.3 is 0 Å². The number of halogens is 6. The maximum atomic E-state index is 13.6. The molecule has 2 aromatic carbocycles. The first-order chi connectivity index (χ1) is 8.91. The lowest BCUT2D eigenvalue weighted by atomic mass is 10.0. The molecule has 1 atom stereocenters. The fraction of sp³-hybridized carbons (Fsp3) is 0.0769. The summed E-state index contributed by atoms with van der Waals surface area (Å²) in [5, 5.41) is -1.56. The van der Waals surface area contributed by atoms with Gasteiger partial charge in [-0.25, -0.2) is 17.6 Å². The van der Waals surface area contributed by atoms with Crippen molar-refractivity contribution >= 4 is 23.2 Å². The highest BCUT2D eigenvalue weighted by Crippen LogP contribution is 2.37. The summed E-state index contributed by atoms with van der Waals surface area (Å²) in [7, 11) is 0. The van der Waals surface area contributed by atoms with E-state index in [4.69, 9.17) is 23.2 Å². The quantitative estimate of drug-likeness (QED) is 0.405. The van der Waals surface area contributed by atoms with Crippen LogP contribution in [0.5, 0.6) is 0 Å². The minimum Gasteiger partial charge on any atom is -0.207 e. The lowest BCUT2D eigenvalue weighted by Gasteiger charge is -2.14. The first kappa shape index (κ1) is 14.2. The van der Waals surface area contributed by atoms with E-state index in [0.29, 0.717) is 6.07 Å². The Morgan fingerprint density at radius 2 is 1.37 bits per heavy atom. The van der Waals surface area contributed by atoms with Crippen LogP contribution in [0.1, 0.15) is 16.5 Å². The molecular formula is C13H6Cl2F4. The Bertz CT molecular complexity index is 608. The molecule has 19 heavy (non-hydrogen) atoms. The van der Waals surface area contributed by atoms with Gasteiger partial charge in [-0.1, -0.05) is 17.7 Å². The van der Waals surface area contributed by atoms with Crippen molar-refractivity contribution in [1.82, 2.24) is 0 Å². The molecule has 0 bridgehead atoms. The Kier molecular flexibility index (Phi) is 4.02. The number of hydrogen-bond acceptors (Lipinski definition) is 0. The van der Waals surface area contributed by atoms with Gasteiger partial charge in [-0.2, -0.15) is 0 Å². The molecule has 0 amide bonds. The highest BCUT2D eigenvalue weighted by atomic mass is 35.5. The van der Waals surface area contributed by atoms with Crippen LogP contribution in [0.2, 0.25) is 5.02 Å². The predicted molar refractivity (Wildman–Crippen MR) is 65.4 cm³/mol. The molecule has 0 fully saturated rings. The molecule has 2 aromatic rings. The van der Waals surface area contributed by atoms with Gasteiger partial charge in [-0.3, -0.25) is 0 Å². The fourth-order valence-corrected chi connectivity index (χ4v) is 2.34. The summed E-state index contributed by atoms with van der Waals surface area (Å²) in [6, 6.07) is 4.63. The van der Waals surface area contributed by atoms with E-state index in [-0.39, 0.29) is 10.6 Å². The lowest BCUT2D eigenvalue weighted by Crippen LogP contribution is -2.03. The molecular weight excluding hydrogens is 303 g/mol.